The summed E-state index contributed by atoms with van der Waals surface area (Å²) in [4.78, 5) is 0. The van der Waals surface area contributed by atoms with Gasteiger partial charge in [0.1, 0.15) is 0 Å². The number of rotatable bonds is 8. The maximum atomic E-state index is 8.74. The third-order valence-corrected chi connectivity index (χ3v) is 3.45. The van der Waals surface area contributed by atoms with Gasteiger partial charge in [-0.2, -0.15) is 21.0 Å². The van der Waals surface area contributed by atoms with Crippen LogP contribution in [0.25, 0.3) is 0 Å². The molecular formula is C12H27NO4S2. The molecule has 7 heteroatoms. The Kier molecular flexibility index (Phi) is 12.1. The SMILES string of the molecule is O=S(=O)(O)O.SCCNCCCCCC1CCCC1. The third kappa shape index (κ3) is 18.2. The Morgan fingerprint density at radius 2 is 1.63 bits per heavy atom. The van der Waals surface area contributed by atoms with Gasteiger partial charge in [-0.3, -0.25) is 9.11 Å². The number of nitrogens with one attached hydrogen (secondary N) is 1. The first-order valence-electron chi connectivity index (χ1n) is 6.95. The van der Waals surface area contributed by atoms with Crippen LogP contribution < -0.4 is 5.32 Å². The Labute approximate surface area is 122 Å². The molecule has 1 aliphatic rings. The molecule has 0 spiro atoms. The summed E-state index contributed by atoms with van der Waals surface area (Å²) in [6.07, 6.45) is 11.7. The molecule has 0 atom stereocenters. The maximum absolute atomic E-state index is 8.74. The second-order valence-corrected chi connectivity index (χ2v) is 6.26. The van der Waals surface area contributed by atoms with E-state index in [0.717, 1.165) is 18.2 Å². The van der Waals surface area contributed by atoms with Gasteiger partial charge >= 0.3 is 10.4 Å². The van der Waals surface area contributed by atoms with E-state index in [1.807, 2.05) is 0 Å². The van der Waals surface area contributed by atoms with Crippen LogP contribution in [0.4, 0.5) is 0 Å². The summed E-state index contributed by atoms with van der Waals surface area (Å²) in [6, 6.07) is 0. The standard InChI is InChI=1S/C12H25NS.H2O4S/c14-11-10-13-9-5-1-2-6-12-7-3-4-8-12;1-5(2,3)4/h12-14H,1-11H2;(H2,1,2,3,4). The third-order valence-electron chi connectivity index (χ3n) is 3.23. The van der Waals surface area contributed by atoms with E-state index in [-0.39, 0.29) is 0 Å². The number of hydrogen-bond donors (Lipinski definition) is 4. The molecular weight excluding hydrogens is 286 g/mol. The minimum absolute atomic E-state index is 0.960. The van der Waals surface area contributed by atoms with Crippen LogP contribution in [0.2, 0.25) is 0 Å². The van der Waals surface area contributed by atoms with Crippen LogP contribution in [0, 0.1) is 5.92 Å². The van der Waals surface area contributed by atoms with Crippen LogP contribution in [0.5, 0.6) is 0 Å². The van der Waals surface area contributed by atoms with E-state index < -0.39 is 10.4 Å². The minimum atomic E-state index is -4.67. The fourth-order valence-corrected chi connectivity index (χ4v) is 2.52. The maximum Gasteiger partial charge on any atom is 0.394 e. The molecule has 3 N–H and O–H groups in total. The quantitative estimate of drug-likeness (QED) is 0.314. The van der Waals surface area contributed by atoms with E-state index in [9.17, 15) is 0 Å². The molecule has 116 valence electrons. The summed E-state index contributed by atoms with van der Waals surface area (Å²) in [6.45, 7) is 2.25. The van der Waals surface area contributed by atoms with Crippen LogP contribution in [-0.4, -0.2) is 36.4 Å². The minimum Gasteiger partial charge on any atom is -0.316 e. The molecule has 0 radical (unpaired) electrons. The van der Waals surface area contributed by atoms with Gasteiger partial charge in [0, 0.05) is 12.3 Å². The van der Waals surface area contributed by atoms with Gasteiger partial charge in [-0.15, -0.1) is 0 Å². The molecule has 1 saturated carbocycles. The summed E-state index contributed by atoms with van der Waals surface area (Å²) < 4.78 is 31.6. The van der Waals surface area contributed by atoms with Crippen LogP contribution in [0.3, 0.4) is 0 Å². The van der Waals surface area contributed by atoms with Crippen molar-refractivity contribution in [3.05, 3.63) is 0 Å². The highest BCUT2D eigenvalue weighted by Gasteiger charge is 2.13. The van der Waals surface area contributed by atoms with E-state index >= 15 is 0 Å². The topological polar surface area (TPSA) is 86.6 Å². The van der Waals surface area contributed by atoms with Crippen molar-refractivity contribution in [2.45, 2.75) is 51.4 Å². The smallest absolute Gasteiger partial charge is 0.316 e. The summed E-state index contributed by atoms with van der Waals surface area (Å²) in [5, 5.41) is 3.39. The molecule has 0 heterocycles. The zero-order valence-corrected chi connectivity index (χ0v) is 13.1. The lowest BCUT2D eigenvalue weighted by Crippen LogP contribution is -2.17. The van der Waals surface area contributed by atoms with Gasteiger partial charge in [0.25, 0.3) is 0 Å². The molecule has 1 aliphatic carbocycles. The molecule has 0 aromatic carbocycles. The highest BCUT2D eigenvalue weighted by Crippen LogP contribution is 2.28. The van der Waals surface area contributed by atoms with Crippen molar-refractivity contribution in [3.63, 3.8) is 0 Å². The lowest BCUT2D eigenvalue weighted by Gasteiger charge is -2.08. The van der Waals surface area contributed by atoms with Gasteiger partial charge in [-0.25, -0.2) is 0 Å². The Bertz CT molecular complexity index is 282. The highest BCUT2D eigenvalue weighted by atomic mass is 32.3. The molecule has 0 unspecified atom stereocenters. The van der Waals surface area contributed by atoms with Gasteiger partial charge in [-0.05, 0) is 18.9 Å². The summed E-state index contributed by atoms with van der Waals surface area (Å²) in [7, 11) is -4.67. The molecule has 5 nitrogen and oxygen atoms in total. The lowest BCUT2D eigenvalue weighted by molar-refractivity contribution is 0.381. The first-order valence-corrected chi connectivity index (χ1v) is 8.98. The fraction of sp³-hybridized carbons (Fsp3) is 1.00. The van der Waals surface area contributed by atoms with Crippen molar-refractivity contribution in [1.29, 1.82) is 0 Å². The molecule has 0 amide bonds. The van der Waals surface area contributed by atoms with E-state index in [1.165, 1.54) is 57.9 Å². The Morgan fingerprint density at radius 1 is 1.05 bits per heavy atom. The van der Waals surface area contributed by atoms with E-state index in [0.29, 0.717) is 0 Å². The summed E-state index contributed by atoms with van der Waals surface area (Å²) in [5.74, 6) is 2.04. The Morgan fingerprint density at radius 3 is 2.16 bits per heavy atom. The van der Waals surface area contributed by atoms with Crippen LogP contribution >= 0.6 is 12.6 Å². The zero-order valence-electron chi connectivity index (χ0n) is 11.4. The fourth-order valence-electron chi connectivity index (χ4n) is 2.36. The van der Waals surface area contributed by atoms with Crippen molar-refractivity contribution in [2.75, 3.05) is 18.8 Å². The van der Waals surface area contributed by atoms with Crippen LogP contribution in [0.1, 0.15) is 51.4 Å². The van der Waals surface area contributed by atoms with Gasteiger partial charge < -0.3 is 5.32 Å². The number of unbranched alkanes of at least 4 members (excludes halogenated alkanes) is 2. The first-order chi connectivity index (χ1) is 8.93. The molecule has 0 aliphatic heterocycles. The monoisotopic (exact) mass is 313 g/mol. The van der Waals surface area contributed by atoms with Crippen molar-refractivity contribution in [1.82, 2.24) is 5.32 Å². The first kappa shape index (κ1) is 19.2. The molecule has 0 saturated heterocycles. The summed E-state index contributed by atoms with van der Waals surface area (Å²) >= 11 is 4.16. The van der Waals surface area contributed by atoms with E-state index in [2.05, 4.69) is 17.9 Å². The largest absolute Gasteiger partial charge is 0.394 e. The number of thiol groups is 1. The van der Waals surface area contributed by atoms with Crippen molar-refractivity contribution in [3.8, 4) is 0 Å². The molecule has 19 heavy (non-hydrogen) atoms. The normalized spacial score (nSPS) is 16.2. The Hall–Kier alpha value is 0.180. The lowest BCUT2D eigenvalue weighted by atomic mass is 10.00. The average Bonchev–Trinajstić information content (AvgIpc) is 2.78. The zero-order chi connectivity index (χ0) is 14.6. The van der Waals surface area contributed by atoms with Crippen LogP contribution in [-0.2, 0) is 10.4 Å². The van der Waals surface area contributed by atoms with Gasteiger partial charge in [0.2, 0.25) is 0 Å². The van der Waals surface area contributed by atoms with Gasteiger partial charge in [-0.1, -0.05) is 44.9 Å². The van der Waals surface area contributed by atoms with Gasteiger partial charge in [0.15, 0.2) is 0 Å². The van der Waals surface area contributed by atoms with Crippen molar-refractivity contribution < 1.29 is 17.5 Å². The predicted molar refractivity (Wildman–Crippen MR) is 81.3 cm³/mol. The van der Waals surface area contributed by atoms with E-state index in [1.54, 1.807) is 0 Å². The second kappa shape index (κ2) is 12.0. The molecule has 1 rings (SSSR count). The van der Waals surface area contributed by atoms with Crippen LogP contribution in [0.15, 0.2) is 0 Å². The highest BCUT2D eigenvalue weighted by molar-refractivity contribution is 7.80. The molecule has 0 bridgehead atoms. The van der Waals surface area contributed by atoms with Gasteiger partial charge in [0.05, 0.1) is 0 Å². The van der Waals surface area contributed by atoms with Crippen molar-refractivity contribution >= 4 is 23.0 Å². The molecule has 1 fully saturated rings. The summed E-state index contributed by atoms with van der Waals surface area (Å²) in [5.41, 5.74) is 0. The Balaban J connectivity index is 0.000000555. The second-order valence-electron chi connectivity index (χ2n) is 4.92. The van der Waals surface area contributed by atoms with E-state index in [4.69, 9.17) is 17.5 Å². The average molecular weight is 313 g/mol. The number of hydrogen-bond acceptors (Lipinski definition) is 4. The predicted octanol–water partition coefficient (Wildman–Crippen LogP) is 2.60. The molecule has 0 aromatic heterocycles. The molecule has 0 aromatic rings. The van der Waals surface area contributed by atoms with Crippen molar-refractivity contribution in [2.24, 2.45) is 5.92 Å².